The molecule has 0 aromatic carbocycles. The van der Waals surface area contributed by atoms with Crippen molar-refractivity contribution in [3.8, 4) is 0 Å². The third kappa shape index (κ3) is 4.98. The molecule has 2 saturated carbocycles. The number of rotatable bonds is 6. The first kappa shape index (κ1) is 17.3. The zero-order chi connectivity index (χ0) is 15.2. The molecular weight excluding hydrogens is 254 g/mol. The smallest absolute Gasteiger partial charge is 0.0124 e. The van der Waals surface area contributed by atoms with E-state index in [1.54, 1.807) is 0 Å². The quantitative estimate of drug-likeness (QED) is 0.668. The van der Waals surface area contributed by atoms with E-state index in [0.29, 0.717) is 0 Å². The molecule has 1 heteroatoms. The van der Waals surface area contributed by atoms with Crippen molar-refractivity contribution >= 4 is 0 Å². The maximum atomic E-state index is 3.97. The molecule has 1 nitrogen and oxygen atoms in total. The van der Waals surface area contributed by atoms with Gasteiger partial charge >= 0.3 is 0 Å². The number of nitrogens with one attached hydrogen (secondary N) is 1. The average Bonchev–Trinajstić information content (AvgIpc) is 2.50. The van der Waals surface area contributed by atoms with Crippen LogP contribution in [0.5, 0.6) is 0 Å². The maximum absolute atomic E-state index is 3.97. The number of hydrogen-bond acceptors (Lipinski definition) is 1. The van der Waals surface area contributed by atoms with Gasteiger partial charge in [-0.2, -0.15) is 0 Å². The van der Waals surface area contributed by atoms with Crippen LogP contribution in [0, 0.1) is 29.6 Å². The van der Waals surface area contributed by atoms with E-state index in [4.69, 9.17) is 0 Å². The van der Waals surface area contributed by atoms with Crippen molar-refractivity contribution in [2.24, 2.45) is 29.6 Å². The monoisotopic (exact) mass is 293 g/mol. The summed E-state index contributed by atoms with van der Waals surface area (Å²) < 4.78 is 0. The maximum Gasteiger partial charge on any atom is 0.0124 e. The highest BCUT2D eigenvalue weighted by molar-refractivity contribution is 4.89. The van der Waals surface area contributed by atoms with Crippen LogP contribution in [0.15, 0.2) is 0 Å². The molecule has 0 aromatic rings. The summed E-state index contributed by atoms with van der Waals surface area (Å²) in [6.45, 7) is 10.8. The summed E-state index contributed by atoms with van der Waals surface area (Å²) in [5.74, 6) is 4.80. The lowest BCUT2D eigenvalue weighted by Gasteiger charge is -2.41. The van der Waals surface area contributed by atoms with E-state index in [2.05, 4.69) is 33.0 Å². The highest BCUT2D eigenvalue weighted by Gasteiger charge is 2.34. The average molecular weight is 294 g/mol. The molecule has 0 heterocycles. The molecule has 0 bridgehead atoms. The molecule has 2 aliphatic rings. The molecule has 0 aliphatic heterocycles. The minimum absolute atomic E-state index is 0.825. The van der Waals surface area contributed by atoms with E-state index in [-0.39, 0.29) is 0 Å². The third-order valence-electron chi connectivity index (χ3n) is 6.47. The Morgan fingerprint density at radius 2 is 1.29 bits per heavy atom. The van der Waals surface area contributed by atoms with Crippen LogP contribution in [-0.4, -0.2) is 12.6 Å². The van der Waals surface area contributed by atoms with Gasteiger partial charge in [-0.25, -0.2) is 0 Å². The Morgan fingerprint density at radius 1 is 0.810 bits per heavy atom. The molecular formula is C20H39N. The minimum atomic E-state index is 0.825. The van der Waals surface area contributed by atoms with Gasteiger partial charge in [0.2, 0.25) is 0 Å². The molecule has 2 rings (SSSR count). The van der Waals surface area contributed by atoms with Crippen molar-refractivity contribution in [1.29, 1.82) is 0 Å². The molecule has 2 aliphatic carbocycles. The molecule has 0 aromatic heterocycles. The fourth-order valence-electron chi connectivity index (χ4n) is 4.84. The van der Waals surface area contributed by atoms with Crippen LogP contribution in [-0.2, 0) is 0 Å². The molecule has 1 unspecified atom stereocenters. The normalized spacial score (nSPS) is 35.9. The summed E-state index contributed by atoms with van der Waals surface area (Å²) in [6, 6.07) is 0.825. The van der Waals surface area contributed by atoms with E-state index in [9.17, 15) is 0 Å². The van der Waals surface area contributed by atoms with Crippen molar-refractivity contribution in [3.63, 3.8) is 0 Å². The van der Waals surface area contributed by atoms with E-state index in [1.807, 2.05) is 0 Å². The van der Waals surface area contributed by atoms with Crippen molar-refractivity contribution < 1.29 is 0 Å². The SMILES string of the molecule is CCCNC(C1CCC(C)CC1)C1CCC(C(C)C)CC1. The lowest BCUT2D eigenvalue weighted by atomic mass is 9.69. The Hall–Kier alpha value is -0.0400. The van der Waals surface area contributed by atoms with Gasteiger partial charge in [0.05, 0.1) is 0 Å². The summed E-state index contributed by atoms with van der Waals surface area (Å²) in [5, 5.41) is 3.97. The van der Waals surface area contributed by atoms with Crippen LogP contribution in [0.3, 0.4) is 0 Å². The standard InChI is InChI=1S/C20H39N/c1-5-14-21-20(18-8-6-16(4)7-9-18)19-12-10-17(11-13-19)15(2)3/h15-21H,5-14H2,1-4H3. The molecule has 124 valence electrons. The topological polar surface area (TPSA) is 12.0 Å². The van der Waals surface area contributed by atoms with Crippen molar-refractivity contribution in [3.05, 3.63) is 0 Å². The summed E-state index contributed by atoms with van der Waals surface area (Å²) in [7, 11) is 0. The van der Waals surface area contributed by atoms with Crippen molar-refractivity contribution in [2.75, 3.05) is 6.54 Å². The van der Waals surface area contributed by atoms with Gasteiger partial charge in [0.25, 0.3) is 0 Å². The summed E-state index contributed by atoms with van der Waals surface area (Å²) in [6.07, 6.45) is 13.1. The van der Waals surface area contributed by atoms with Gasteiger partial charge in [0, 0.05) is 6.04 Å². The van der Waals surface area contributed by atoms with Gasteiger partial charge in [0.15, 0.2) is 0 Å². The zero-order valence-electron chi connectivity index (χ0n) is 15.0. The molecule has 2 fully saturated rings. The van der Waals surface area contributed by atoms with Gasteiger partial charge in [0.1, 0.15) is 0 Å². The molecule has 1 atom stereocenters. The second-order valence-corrected chi connectivity index (χ2v) is 8.42. The van der Waals surface area contributed by atoms with Crippen molar-refractivity contribution in [2.45, 2.75) is 91.5 Å². The molecule has 0 saturated heterocycles. The summed E-state index contributed by atoms with van der Waals surface area (Å²) in [5.41, 5.74) is 0. The van der Waals surface area contributed by atoms with Crippen molar-refractivity contribution in [1.82, 2.24) is 5.32 Å². The van der Waals surface area contributed by atoms with Crippen LogP contribution in [0.2, 0.25) is 0 Å². The Labute approximate surface area is 133 Å². The molecule has 0 radical (unpaired) electrons. The zero-order valence-corrected chi connectivity index (χ0v) is 15.0. The summed E-state index contributed by atoms with van der Waals surface area (Å²) >= 11 is 0. The van der Waals surface area contributed by atoms with Crippen LogP contribution in [0.25, 0.3) is 0 Å². The van der Waals surface area contributed by atoms with E-state index in [0.717, 1.165) is 35.6 Å². The Balaban J connectivity index is 1.90. The third-order valence-corrected chi connectivity index (χ3v) is 6.47. The highest BCUT2D eigenvalue weighted by Crippen LogP contribution is 2.40. The lowest BCUT2D eigenvalue weighted by Crippen LogP contribution is -2.45. The highest BCUT2D eigenvalue weighted by atomic mass is 14.9. The predicted octanol–water partition coefficient (Wildman–Crippen LogP) is 5.64. The van der Waals surface area contributed by atoms with Crippen LogP contribution in [0.1, 0.15) is 85.5 Å². The first-order valence-corrected chi connectivity index (χ1v) is 9.85. The predicted molar refractivity (Wildman–Crippen MR) is 93.5 cm³/mol. The summed E-state index contributed by atoms with van der Waals surface area (Å²) in [4.78, 5) is 0. The minimum Gasteiger partial charge on any atom is -0.313 e. The first-order valence-electron chi connectivity index (χ1n) is 9.85. The van der Waals surface area contributed by atoms with Gasteiger partial charge < -0.3 is 5.32 Å². The fourth-order valence-corrected chi connectivity index (χ4v) is 4.84. The molecule has 0 amide bonds. The van der Waals surface area contributed by atoms with Gasteiger partial charge in [-0.15, -0.1) is 0 Å². The molecule has 21 heavy (non-hydrogen) atoms. The van der Waals surface area contributed by atoms with E-state index < -0.39 is 0 Å². The lowest BCUT2D eigenvalue weighted by molar-refractivity contribution is 0.129. The van der Waals surface area contributed by atoms with Gasteiger partial charge in [-0.1, -0.05) is 40.5 Å². The second-order valence-electron chi connectivity index (χ2n) is 8.42. The van der Waals surface area contributed by atoms with E-state index in [1.165, 1.54) is 64.3 Å². The second kappa shape index (κ2) is 8.56. The Bertz CT molecular complexity index is 270. The van der Waals surface area contributed by atoms with E-state index >= 15 is 0 Å². The largest absolute Gasteiger partial charge is 0.313 e. The van der Waals surface area contributed by atoms with Gasteiger partial charge in [-0.05, 0) is 81.1 Å². The fraction of sp³-hybridized carbons (Fsp3) is 1.00. The van der Waals surface area contributed by atoms with Crippen LogP contribution < -0.4 is 5.32 Å². The number of hydrogen-bond donors (Lipinski definition) is 1. The van der Waals surface area contributed by atoms with Crippen LogP contribution in [0.4, 0.5) is 0 Å². The molecule has 1 N–H and O–H groups in total. The van der Waals surface area contributed by atoms with Crippen LogP contribution >= 0.6 is 0 Å². The van der Waals surface area contributed by atoms with Gasteiger partial charge in [-0.3, -0.25) is 0 Å². The Morgan fingerprint density at radius 3 is 1.76 bits per heavy atom. The Kier molecular flexibility index (Phi) is 7.05. The molecule has 0 spiro atoms. The first-order chi connectivity index (χ1) is 10.1.